The molecule has 30 heavy (non-hydrogen) atoms. The quantitative estimate of drug-likeness (QED) is 0.533. The van der Waals surface area contributed by atoms with Gasteiger partial charge < -0.3 is 5.32 Å². The van der Waals surface area contributed by atoms with E-state index in [1.807, 2.05) is 36.4 Å². The molecule has 0 bridgehead atoms. The van der Waals surface area contributed by atoms with Gasteiger partial charge in [-0.05, 0) is 61.8 Å². The number of benzene rings is 1. The third kappa shape index (κ3) is 3.79. The molecule has 0 atom stereocenters. The molecular formula is C23H22N6O. The largest absolute Gasteiger partial charge is 0.320 e. The molecule has 1 fully saturated rings. The van der Waals surface area contributed by atoms with E-state index in [4.69, 9.17) is 0 Å². The van der Waals surface area contributed by atoms with Crippen LogP contribution < -0.4 is 5.32 Å². The molecule has 1 aromatic carbocycles. The van der Waals surface area contributed by atoms with E-state index in [1.165, 1.54) is 12.8 Å². The van der Waals surface area contributed by atoms with Crippen LogP contribution in [0.15, 0.2) is 61.1 Å². The van der Waals surface area contributed by atoms with Crippen molar-refractivity contribution in [3.63, 3.8) is 0 Å². The lowest BCUT2D eigenvalue weighted by atomic mass is 10.0. The van der Waals surface area contributed by atoms with Crippen LogP contribution in [-0.4, -0.2) is 44.1 Å². The van der Waals surface area contributed by atoms with Crippen molar-refractivity contribution in [3.05, 3.63) is 72.4 Å². The van der Waals surface area contributed by atoms with Gasteiger partial charge in [-0.15, -0.1) is 0 Å². The Morgan fingerprint density at radius 2 is 1.97 bits per heavy atom. The fourth-order valence-electron chi connectivity index (χ4n) is 3.90. The standard InChI is InChI=1S/C23H22N6O/c30-23(26-18-7-9-25-19(13-18)15-29-10-1-2-11-29)22-20-12-16(5-6-21(20)27-28-22)17-4-3-8-24-14-17/h3-9,12-14H,1-2,10-11,15H2,(H,27,28)(H,25,26,30). The molecule has 4 heterocycles. The van der Waals surface area contributed by atoms with Crippen LogP contribution in [0.25, 0.3) is 22.0 Å². The lowest BCUT2D eigenvalue weighted by molar-refractivity contribution is 0.102. The first-order chi connectivity index (χ1) is 14.8. The van der Waals surface area contributed by atoms with Crippen LogP contribution >= 0.6 is 0 Å². The minimum absolute atomic E-state index is 0.247. The van der Waals surface area contributed by atoms with Crippen molar-refractivity contribution in [1.29, 1.82) is 0 Å². The maximum absolute atomic E-state index is 13.0. The molecular weight excluding hydrogens is 376 g/mol. The number of nitrogens with zero attached hydrogens (tertiary/aromatic N) is 4. The summed E-state index contributed by atoms with van der Waals surface area (Å²) in [6, 6.07) is 13.5. The predicted molar refractivity (Wildman–Crippen MR) is 116 cm³/mol. The third-order valence-electron chi connectivity index (χ3n) is 5.43. The molecule has 150 valence electrons. The fraction of sp³-hybridized carbons (Fsp3) is 0.217. The van der Waals surface area contributed by atoms with Gasteiger partial charge in [0.15, 0.2) is 5.69 Å². The van der Waals surface area contributed by atoms with Gasteiger partial charge in [-0.25, -0.2) is 0 Å². The average molecular weight is 398 g/mol. The minimum Gasteiger partial charge on any atom is -0.320 e. The smallest absolute Gasteiger partial charge is 0.276 e. The Morgan fingerprint density at radius 1 is 1.07 bits per heavy atom. The summed E-state index contributed by atoms with van der Waals surface area (Å²) in [6.45, 7) is 3.02. The number of anilines is 1. The highest BCUT2D eigenvalue weighted by atomic mass is 16.1. The molecule has 4 aromatic rings. The van der Waals surface area contributed by atoms with Gasteiger partial charge in [0.1, 0.15) is 0 Å². The van der Waals surface area contributed by atoms with Crippen LogP contribution in [0.4, 0.5) is 5.69 Å². The Hall–Kier alpha value is -3.58. The molecule has 0 radical (unpaired) electrons. The van der Waals surface area contributed by atoms with E-state index in [0.717, 1.165) is 53.0 Å². The van der Waals surface area contributed by atoms with E-state index in [9.17, 15) is 4.79 Å². The first kappa shape index (κ1) is 18.4. The summed E-state index contributed by atoms with van der Waals surface area (Å²) >= 11 is 0. The van der Waals surface area contributed by atoms with E-state index >= 15 is 0 Å². The summed E-state index contributed by atoms with van der Waals surface area (Å²) in [7, 11) is 0. The van der Waals surface area contributed by atoms with E-state index in [2.05, 4.69) is 30.4 Å². The summed E-state index contributed by atoms with van der Waals surface area (Å²) < 4.78 is 0. The highest BCUT2D eigenvalue weighted by Crippen LogP contribution is 2.25. The zero-order valence-electron chi connectivity index (χ0n) is 16.5. The monoisotopic (exact) mass is 398 g/mol. The molecule has 1 saturated heterocycles. The van der Waals surface area contributed by atoms with Gasteiger partial charge in [0.2, 0.25) is 0 Å². The molecule has 0 aliphatic carbocycles. The van der Waals surface area contributed by atoms with Crippen LogP contribution in [-0.2, 0) is 6.54 Å². The third-order valence-corrected chi connectivity index (χ3v) is 5.43. The number of hydrogen-bond donors (Lipinski definition) is 2. The maximum Gasteiger partial charge on any atom is 0.276 e. The molecule has 5 rings (SSSR count). The Morgan fingerprint density at radius 3 is 2.80 bits per heavy atom. The molecule has 7 heteroatoms. The molecule has 3 aromatic heterocycles. The van der Waals surface area contributed by atoms with Crippen molar-refractivity contribution in [2.24, 2.45) is 0 Å². The van der Waals surface area contributed by atoms with Gasteiger partial charge in [-0.2, -0.15) is 5.10 Å². The summed E-state index contributed by atoms with van der Waals surface area (Å²) in [5, 5.41) is 10.9. The lowest BCUT2D eigenvalue weighted by Gasteiger charge is -2.14. The zero-order valence-corrected chi connectivity index (χ0v) is 16.5. The number of amides is 1. The molecule has 1 aliphatic rings. The Bertz CT molecular complexity index is 1180. The average Bonchev–Trinajstić information content (AvgIpc) is 3.44. The van der Waals surface area contributed by atoms with Crippen molar-refractivity contribution < 1.29 is 4.79 Å². The molecule has 2 N–H and O–H groups in total. The highest BCUT2D eigenvalue weighted by molar-refractivity contribution is 6.11. The van der Waals surface area contributed by atoms with E-state index in [-0.39, 0.29) is 5.91 Å². The zero-order chi connectivity index (χ0) is 20.3. The second-order valence-corrected chi connectivity index (χ2v) is 7.55. The first-order valence-electron chi connectivity index (χ1n) is 10.1. The molecule has 0 saturated carbocycles. The number of carbonyl (C=O) groups is 1. The number of fused-ring (bicyclic) bond motifs is 1. The Balaban J connectivity index is 1.38. The van der Waals surface area contributed by atoms with Gasteiger partial charge in [-0.3, -0.25) is 24.8 Å². The number of aromatic amines is 1. The summed E-state index contributed by atoms with van der Waals surface area (Å²) in [6.07, 6.45) is 7.77. The number of carbonyl (C=O) groups excluding carboxylic acids is 1. The van der Waals surface area contributed by atoms with Crippen molar-refractivity contribution in [2.75, 3.05) is 18.4 Å². The van der Waals surface area contributed by atoms with Crippen molar-refractivity contribution in [3.8, 4) is 11.1 Å². The molecule has 0 spiro atoms. The predicted octanol–water partition coefficient (Wildman–Crippen LogP) is 3.87. The van der Waals surface area contributed by atoms with Crippen LogP contribution in [0.5, 0.6) is 0 Å². The number of rotatable bonds is 5. The second kappa shape index (κ2) is 8.04. The summed E-state index contributed by atoms with van der Waals surface area (Å²) in [4.78, 5) is 24.0. The number of pyridine rings is 2. The molecule has 7 nitrogen and oxygen atoms in total. The van der Waals surface area contributed by atoms with Crippen LogP contribution in [0, 0.1) is 0 Å². The Kier molecular flexibility index (Phi) is 4.94. The van der Waals surface area contributed by atoms with E-state index in [0.29, 0.717) is 5.69 Å². The van der Waals surface area contributed by atoms with Gasteiger partial charge in [0, 0.05) is 41.8 Å². The lowest BCUT2D eigenvalue weighted by Crippen LogP contribution is -2.19. The maximum atomic E-state index is 13.0. The van der Waals surface area contributed by atoms with Crippen LogP contribution in [0.3, 0.4) is 0 Å². The summed E-state index contributed by atoms with van der Waals surface area (Å²) in [5.41, 5.74) is 4.85. The fourth-order valence-corrected chi connectivity index (χ4v) is 3.90. The molecule has 1 amide bonds. The SMILES string of the molecule is O=C(Nc1ccnc(CN2CCCC2)c1)c1n[nH]c2ccc(-c3cccnc3)cc12. The minimum atomic E-state index is -0.247. The van der Waals surface area contributed by atoms with Crippen LogP contribution in [0.2, 0.25) is 0 Å². The number of aromatic nitrogens is 4. The normalized spacial score (nSPS) is 14.3. The number of nitrogens with one attached hydrogen (secondary N) is 2. The highest BCUT2D eigenvalue weighted by Gasteiger charge is 2.16. The first-order valence-corrected chi connectivity index (χ1v) is 10.1. The van der Waals surface area contributed by atoms with E-state index in [1.54, 1.807) is 24.7 Å². The van der Waals surface area contributed by atoms with Crippen molar-refractivity contribution in [1.82, 2.24) is 25.1 Å². The van der Waals surface area contributed by atoms with Crippen molar-refractivity contribution in [2.45, 2.75) is 19.4 Å². The topological polar surface area (TPSA) is 86.8 Å². The van der Waals surface area contributed by atoms with Gasteiger partial charge >= 0.3 is 0 Å². The number of hydrogen-bond acceptors (Lipinski definition) is 5. The van der Waals surface area contributed by atoms with Gasteiger partial charge in [0.05, 0.1) is 11.2 Å². The second-order valence-electron chi connectivity index (χ2n) is 7.55. The van der Waals surface area contributed by atoms with Gasteiger partial charge in [0.25, 0.3) is 5.91 Å². The molecule has 1 aliphatic heterocycles. The number of H-pyrrole nitrogens is 1. The van der Waals surface area contributed by atoms with E-state index < -0.39 is 0 Å². The number of likely N-dealkylation sites (tertiary alicyclic amines) is 1. The van der Waals surface area contributed by atoms with Crippen LogP contribution in [0.1, 0.15) is 29.0 Å². The Labute approximate surface area is 174 Å². The molecule has 0 unspecified atom stereocenters. The van der Waals surface area contributed by atoms with Crippen molar-refractivity contribution >= 4 is 22.5 Å². The van der Waals surface area contributed by atoms with Gasteiger partial charge in [-0.1, -0.05) is 12.1 Å². The summed E-state index contributed by atoms with van der Waals surface area (Å²) in [5.74, 6) is -0.247.